The molecule has 180 valence electrons. The molecule has 0 bridgehead atoms. The van der Waals surface area contributed by atoms with Crippen LogP contribution < -0.4 is 0 Å². The van der Waals surface area contributed by atoms with E-state index in [1.165, 1.54) is 6.07 Å². The third kappa shape index (κ3) is 3.72. The number of hydrogen-bond donors (Lipinski definition) is 4. The predicted octanol–water partition coefficient (Wildman–Crippen LogP) is 6.28. The molecule has 0 fully saturated rings. The summed E-state index contributed by atoms with van der Waals surface area (Å²) < 4.78 is 32.5. The van der Waals surface area contributed by atoms with Gasteiger partial charge < -0.3 is 15.2 Å². The van der Waals surface area contributed by atoms with Gasteiger partial charge in [0.05, 0.1) is 21.4 Å². The van der Waals surface area contributed by atoms with E-state index in [0.717, 1.165) is 22.4 Å². The number of nitrogens with one attached hydrogen (secondary N) is 1. The molecule has 0 amide bonds. The summed E-state index contributed by atoms with van der Waals surface area (Å²) in [5, 5.41) is 24.6. The lowest BCUT2D eigenvalue weighted by molar-refractivity contribution is 0.471. The Morgan fingerprint density at radius 2 is 1.44 bits per heavy atom. The molecule has 0 aliphatic heterocycles. The fourth-order valence-corrected chi connectivity index (χ4v) is 5.11. The Balaban J connectivity index is 0.00000267. The van der Waals surface area contributed by atoms with Gasteiger partial charge in [-0.1, -0.05) is 60.7 Å². The summed E-state index contributed by atoms with van der Waals surface area (Å²) in [5.41, 5.74) is 3.03. The summed E-state index contributed by atoms with van der Waals surface area (Å²) in [6, 6.07) is 24.9. The van der Waals surface area contributed by atoms with E-state index in [1.807, 2.05) is 54.6 Å². The zero-order valence-electron chi connectivity index (χ0n) is 18.5. The number of phenols is 2. The maximum atomic E-state index is 11.5. The van der Waals surface area contributed by atoms with Crippen LogP contribution in [0.4, 0.5) is 0 Å². The Hall–Kier alpha value is -4.11. The molecule has 0 saturated carbocycles. The Bertz CT molecular complexity index is 1910. The number of aromatic hydroxyl groups is 2. The minimum atomic E-state index is -4.48. The van der Waals surface area contributed by atoms with Crippen molar-refractivity contribution in [3.8, 4) is 34.0 Å². The van der Waals surface area contributed by atoms with Crippen LogP contribution in [0.2, 0.25) is 0 Å². The number of rotatable bonds is 3. The molecule has 6 aromatic rings. The number of fused-ring (bicyclic) bond motifs is 4. The van der Waals surface area contributed by atoms with Gasteiger partial charge in [0.1, 0.15) is 22.8 Å². The van der Waals surface area contributed by atoms with Crippen molar-refractivity contribution >= 4 is 55.1 Å². The Morgan fingerprint density at radius 3 is 2.25 bits per heavy atom. The Morgan fingerprint density at radius 1 is 0.750 bits per heavy atom. The van der Waals surface area contributed by atoms with Crippen LogP contribution in [0.5, 0.6) is 11.5 Å². The van der Waals surface area contributed by atoms with Gasteiger partial charge in [0.15, 0.2) is 0 Å². The number of imidazole rings is 1. The van der Waals surface area contributed by atoms with E-state index in [0.29, 0.717) is 38.8 Å². The summed E-state index contributed by atoms with van der Waals surface area (Å²) in [5.74, 6) is 0.128. The number of aromatic nitrogens is 2. The second kappa shape index (κ2) is 8.53. The molecule has 0 unspecified atom stereocenters. The maximum absolute atomic E-state index is 11.5. The van der Waals surface area contributed by atoms with Crippen LogP contribution in [0.15, 0.2) is 89.8 Å². The van der Waals surface area contributed by atoms with Crippen molar-refractivity contribution < 1.29 is 23.2 Å². The lowest BCUT2D eigenvalue weighted by Crippen LogP contribution is -1.97. The first-order chi connectivity index (χ1) is 16.8. The average molecular weight is 519 g/mol. The highest BCUT2D eigenvalue weighted by Crippen LogP contribution is 2.41. The van der Waals surface area contributed by atoms with E-state index in [2.05, 4.69) is 9.97 Å². The highest BCUT2D eigenvalue weighted by molar-refractivity contribution is 7.85. The molecular weight excluding hydrogens is 500 g/mol. The largest absolute Gasteiger partial charge is 0.507 e. The summed E-state index contributed by atoms with van der Waals surface area (Å²) in [7, 11) is -4.48. The fourth-order valence-electron chi connectivity index (χ4n) is 4.57. The number of hydrogen-bond acceptors (Lipinski definition) is 5. The molecule has 0 aliphatic rings. The van der Waals surface area contributed by atoms with Crippen molar-refractivity contribution in [1.29, 1.82) is 0 Å². The van der Waals surface area contributed by atoms with Gasteiger partial charge in [-0.2, -0.15) is 8.42 Å². The Labute approximate surface area is 211 Å². The van der Waals surface area contributed by atoms with Crippen molar-refractivity contribution in [3.63, 3.8) is 0 Å². The number of benzene rings is 5. The topological polar surface area (TPSA) is 124 Å². The maximum Gasteiger partial charge on any atom is 0.294 e. The van der Waals surface area contributed by atoms with Crippen LogP contribution in [0.1, 0.15) is 0 Å². The molecule has 5 aromatic carbocycles. The number of para-hydroxylation sites is 1. The van der Waals surface area contributed by atoms with Crippen LogP contribution in [-0.2, 0) is 10.1 Å². The minimum absolute atomic E-state index is 0. The van der Waals surface area contributed by atoms with Crippen LogP contribution in [-0.4, -0.2) is 33.2 Å². The molecule has 9 heteroatoms. The molecular formula is C27H19ClN2O5S. The fraction of sp³-hybridized carbons (Fsp3) is 0. The number of nitrogens with zero attached hydrogens (tertiary/aromatic N) is 1. The van der Waals surface area contributed by atoms with E-state index in [4.69, 9.17) is 0 Å². The van der Waals surface area contributed by atoms with E-state index in [1.54, 1.807) is 18.2 Å². The molecule has 0 spiro atoms. The van der Waals surface area contributed by atoms with Gasteiger partial charge in [0.25, 0.3) is 10.1 Å². The van der Waals surface area contributed by atoms with Gasteiger partial charge in [-0.25, -0.2) is 4.98 Å². The van der Waals surface area contributed by atoms with Gasteiger partial charge in [-0.15, -0.1) is 12.4 Å². The summed E-state index contributed by atoms with van der Waals surface area (Å²) in [4.78, 5) is 7.41. The van der Waals surface area contributed by atoms with E-state index >= 15 is 0 Å². The molecule has 7 nitrogen and oxygen atoms in total. The van der Waals surface area contributed by atoms with Crippen molar-refractivity contribution in [2.75, 3.05) is 0 Å². The highest BCUT2D eigenvalue weighted by atomic mass is 35.5. The van der Waals surface area contributed by atoms with Crippen LogP contribution in [0, 0.1) is 0 Å². The van der Waals surface area contributed by atoms with Crippen molar-refractivity contribution in [2.24, 2.45) is 0 Å². The van der Waals surface area contributed by atoms with Gasteiger partial charge in [-0.3, -0.25) is 4.55 Å². The van der Waals surface area contributed by atoms with E-state index in [-0.39, 0.29) is 23.9 Å². The Kier molecular flexibility index (Phi) is 5.60. The summed E-state index contributed by atoms with van der Waals surface area (Å²) in [6.07, 6.45) is 0. The van der Waals surface area contributed by atoms with Crippen molar-refractivity contribution in [3.05, 3.63) is 84.9 Å². The van der Waals surface area contributed by atoms with Crippen molar-refractivity contribution in [2.45, 2.75) is 4.90 Å². The summed E-state index contributed by atoms with van der Waals surface area (Å²) in [6.45, 7) is 0. The van der Waals surface area contributed by atoms with Gasteiger partial charge in [0.2, 0.25) is 0 Å². The molecule has 0 saturated heterocycles. The SMILES string of the molecule is Cl.O=S(=O)(O)c1cc(O)c2c(ccc3[nH]c(-c4cccc(-c5cccc6ccccc56)c4O)nc32)c1. The zero-order chi connectivity index (χ0) is 24.3. The second-order valence-corrected chi connectivity index (χ2v) is 9.71. The number of phenolic OH excluding ortho intramolecular Hbond substituents is 2. The third-order valence-electron chi connectivity index (χ3n) is 6.19. The lowest BCUT2D eigenvalue weighted by atomic mass is 9.96. The van der Waals surface area contributed by atoms with Crippen LogP contribution >= 0.6 is 12.4 Å². The van der Waals surface area contributed by atoms with E-state index in [9.17, 15) is 23.2 Å². The molecule has 0 atom stereocenters. The lowest BCUT2D eigenvalue weighted by Gasteiger charge is -2.11. The molecule has 1 aromatic heterocycles. The highest BCUT2D eigenvalue weighted by Gasteiger charge is 2.19. The van der Waals surface area contributed by atoms with Crippen LogP contribution in [0.3, 0.4) is 0 Å². The first kappa shape index (κ1) is 23.6. The van der Waals surface area contributed by atoms with Gasteiger partial charge in [0, 0.05) is 11.6 Å². The molecule has 0 aliphatic carbocycles. The smallest absolute Gasteiger partial charge is 0.294 e. The number of halogens is 1. The standard InChI is InChI=1S/C27H18N2O5S.ClH/c30-23-14-17(35(32,33)34)13-16-11-12-22-25(24(16)23)29-27(28-22)21-10-4-9-20(26(21)31)19-8-3-6-15-5-1-2-7-18(15)19;/h1-14,30-31H,(H,28,29)(H,32,33,34);1H. The van der Waals surface area contributed by atoms with Gasteiger partial charge >= 0.3 is 0 Å². The zero-order valence-corrected chi connectivity index (χ0v) is 20.1. The molecule has 6 rings (SSSR count). The average Bonchev–Trinajstić information content (AvgIpc) is 3.27. The quantitative estimate of drug-likeness (QED) is 0.204. The number of aromatic amines is 1. The normalized spacial score (nSPS) is 11.7. The first-order valence-electron chi connectivity index (χ1n) is 10.7. The summed E-state index contributed by atoms with van der Waals surface area (Å²) >= 11 is 0. The second-order valence-electron chi connectivity index (χ2n) is 8.29. The van der Waals surface area contributed by atoms with Crippen LogP contribution in [0.25, 0.3) is 55.1 Å². The molecule has 1 heterocycles. The monoisotopic (exact) mass is 518 g/mol. The van der Waals surface area contributed by atoms with Crippen molar-refractivity contribution in [1.82, 2.24) is 9.97 Å². The molecule has 0 radical (unpaired) electrons. The number of H-pyrrole nitrogens is 1. The first-order valence-corrected chi connectivity index (χ1v) is 12.2. The molecule has 4 N–H and O–H groups in total. The third-order valence-corrected chi connectivity index (χ3v) is 7.02. The van der Waals surface area contributed by atoms with E-state index < -0.39 is 15.0 Å². The molecule has 36 heavy (non-hydrogen) atoms. The minimum Gasteiger partial charge on any atom is -0.507 e. The predicted molar refractivity (Wildman–Crippen MR) is 142 cm³/mol. The van der Waals surface area contributed by atoms with Gasteiger partial charge in [-0.05, 0) is 39.9 Å².